The van der Waals surface area contributed by atoms with Gasteiger partial charge in [0.15, 0.2) is 0 Å². The van der Waals surface area contributed by atoms with Gasteiger partial charge in [0.1, 0.15) is 5.82 Å². The number of hydrogen-bond acceptors (Lipinski definition) is 3. The summed E-state index contributed by atoms with van der Waals surface area (Å²) in [5.41, 5.74) is 6.83. The molecular weight excluding hydrogens is 271 g/mol. The van der Waals surface area contributed by atoms with Crippen molar-refractivity contribution in [2.75, 3.05) is 24.6 Å². The van der Waals surface area contributed by atoms with Crippen LogP contribution in [0.15, 0.2) is 18.2 Å². The first-order valence-corrected chi connectivity index (χ1v) is 7.65. The molecule has 1 saturated heterocycles. The molecule has 1 aliphatic heterocycles. The van der Waals surface area contributed by atoms with E-state index in [9.17, 15) is 4.39 Å². The van der Waals surface area contributed by atoms with Crippen LogP contribution in [-0.4, -0.2) is 35.5 Å². The maximum absolute atomic E-state index is 13.1. The van der Waals surface area contributed by atoms with Gasteiger partial charge in [-0.25, -0.2) is 4.39 Å². The first-order chi connectivity index (χ1) is 8.63. The highest BCUT2D eigenvalue weighted by molar-refractivity contribution is 7.99. The van der Waals surface area contributed by atoms with E-state index in [1.807, 2.05) is 11.8 Å². The number of hydrogen-bond donors (Lipinski definition) is 1. The molecule has 0 aromatic heterocycles. The van der Waals surface area contributed by atoms with Crippen LogP contribution in [0.2, 0.25) is 5.02 Å². The lowest BCUT2D eigenvalue weighted by molar-refractivity contribution is 0.166. The lowest BCUT2D eigenvalue weighted by Gasteiger charge is -2.39. The van der Waals surface area contributed by atoms with E-state index in [-0.39, 0.29) is 11.9 Å². The molecule has 1 heterocycles. The number of benzene rings is 1. The molecule has 5 heteroatoms. The predicted molar refractivity (Wildman–Crippen MR) is 76.7 cm³/mol. The molecule has 2 rings (SSSR count). The Morgan fingerprint density at radius 2 is 2.39 bits per heavy atom. The summed E-state index contributed by atoms with van der Waals surface area (Å²) < 4.78 is 13.1. The van der Waals surface area contributed by atoms with E-state index in [0.717, 1.165) is 23.6 Å². The van der Waals surface area contributed by atoms with Crippen molar-refractivity contribution in [1.82, 2.24) is 4.90 Å². The molecule has 1 aromatic carbocycles. The van der Waals surface area contributed by atoms with Gasteiger partial charge in [-0.05, 0) is 24.6 Å². The smallest absolute Gasteiger partial charge is 0.124 e. The summed E-state index contributed by atoms with van der Waals surface area (Å²) in [4.78, 5) is 2.37. The molecule has 1 aromatic rings. The first kappa shape index (κ1) is 14.1. The van der Waals surface area contributed by atoms with Crippen molar-refractivity contribution in [3.63, 3.8) is 0 Å². The molecule has 0 aliphatic carbocycles. The molecule has 2 N–H and O–H groups in total. The Morgan fingerprint density at radius 1 is 1.61 bits per heavy atom. The molecule has 18 heavy (non-hydrogen) atoms. The van der Waals surface area contributed by atoms with Crippen molar-refractivity contribution in [3.05, 3.63) is 34.6 Å². The maximum Gasteiger partial charge on any atom is 0.124 e. The molecule has 1 aliphatic rings. The van der Waals surface area contributed by atoms with Crippen LogP contribution in [0.5, 0.6) is 0 Å². The minimum absolute atomic E-state index is 0.0778. The van der Waals surface area contributed by atoms with Gasteiger partial charge in [0.05, 0.1) is 0 Å². The van der Waals surface area contributed by atoms with Gasteiger partial charge < -0.3 is 5.73 Å². The Balaban J connectivity index is 2.26. The summed E-state index contributed by atoms with van der Waals surface area (Å²) in [7, 11) is 0. The molecule has 1 fully saturated rings. The SMILES string of the molecule is CC1CSCCN1C(CN)c1ccc(F)cc1Cl. The number of halogens is 2. The molecule has 0 bridgehead atoms. The Hall–Kier alpha value is -0.290. The summed E-state index contributed by atoms with van der Waals surface area (Å²) >= 11 is 8.10. The summed E-state index contributed by atoms with van der Waals surface area (Å²) in [5, 5.41) is 0.468. The van der Waals surface area contributed by atoms with E-state index >= 15 is 0 Å². The lowest BCUT2D eigenvalue weighted by atomic mass is 10.0. The van der Waals surface area contributed by atoms with E-state index in [0.29, 0.717) is 17.6 Å². The Bertz CT molecular complexity index is 416. The lowest BCUT2D eigenvalue weighted by Crippen LogP contribution is -2.45. The number of nitrogens with zero attached hydrogens (tertiary/aromatic N) is 1. The monoisotopic (exact) mass is 288 g/mol. The molecule has 2 atom stereocenters. The highest BCUT2D eigenvalue weighted by Gasteiger charge is 2.27. The molecule has 100 valence electrons. The molecular formula is C13H18ClFN2S. The van der Waals surface area contributed by atoms with Crippen LogP contribution in [0.1, 0.15) is 18.5 Å². The van der Waals surface area contributed by atoms with Crippen LogP contribution in [0, 0.1) is 5.82 Å². The number of thioether (sulfide) groups is 1. The van der Waals surface area contributed by atoms with Crippen molar-refractivity contribution >= 4 is 23.4 Å². The number of nitrogens with two attached hydrogens (primary N) is 1. The molecule has 0 saturated carbocycles. The topological polar surface area (TPSA) is 29.3 Å². The summed E-state index contributed by atoms with van der Waals surface area (Å²) in [6.07, 6.45) is 0. The van der Waals surface area contributed by atoms with Crippen LogP contribution in [0.3, 0.4) is 0 Å². The van der Waals surface area contributed by atoms with E-state index in [1.54, 1.807) is 6.07 Å². The van der Waals surface area contributed by atoms with Crippen LogP contribution < -0.4 is 5.73 Å². The summed E-state index contributed by atoms with van der Waals surface area (Å²) in [5.74, 6) is 1.91. The van der Waals surface area contributed by atoms with Crippen LogP contribution in [-0.2, 0) is 0 Å². The van der Waals surface area contributed by atoms with Crippen molar-refractivity contribution in [3.8, 4) is 0 Å². The molecule has 0 amide bonds. The van der Waals surface area contributed by atoms with E-state index in [1.165, 1.54) is 12.1 Å². The fourth-order valence-electron chi connectivity index (χ4n) is 2.42. The van der Waals surface area contributed by atoms with E-state index < -0.39 is 0 Å². The Labute approximate surface area is 117 Å². The van der Waals surface area contributed by atoms with Crippen LogP contribution in [0.4, 0.5) is 4.39 Å². The van der Waals surface area contributed by atoms with Gasteiger partial charge in [-0.1, -0.05) is 17.7 Å². The molecule has 0 radical (unpaired) electrons. The van der Waals surface area contributed by atoms with Crippen LogP contribution in [0.25, 0.3) is 0 Å². The highest BCUT2D eigenvalue weighted by Crippen LogP contribution is 2.31. The Morgan fingerprint density at radius 3 is 3.00 bits per heavy atom. The van der Waals surface area contributed by atoms with Crippen LogP contribution >= 0.6 is 23.4 Å². The minimum Gasteiger partial charge on any atom is -0.329 e. The third-order valence-electron chi connectivity index (χ3n) is 3.36. The summed E-state index contributed by atoms with van der Waals surface area (Å²) in [6.45, 7) is 3.70. The zero-order valence-electron chi connectivity index (χ0n) is 10.4. The van der Waals surface area contributed by atoms with E-state index in [2.05, 4.69) is 11.8 Å². The van der Waals surface area contributed by atoms with Crippen molar-refractivity contribution < 1.29 is 4.39 Å². The van der Waals surface area contributed by atoms with Gasteiger partial charge in [-0.3, -0.25) is 4.90 Å². The van der Waals surface area contributed by atoms with Gasteiger partial charge in [0.25, 0.3) is 0 Å². The van der Waals surface area contributed by atoms with Crippen molar-refractivity contribution in [1.29, 1.82) is 0 Å². The van der Waals surface area contributed by atoms with Crippen molar-refractivity contribution in [2.45, 2.75) is 19.0 Å². The van der Waals surface area contributed by atoms with E-state index in [4.69, 9.17) is 17.3 Å². The van der Waals surface area contributed by atoms with Crippen molar-refractivity contribution in [2.24, 2.45) is 5.73 Å². The van der Waals surface area contributed by atoms with Gasteiger partial charge in [0, 0.05) is 41.7 Å². The second kappa shape index (κ2) is 6.24. The molecule has 2 nitrogen and oxygen atoms in total. The quantitative estimate of drug-likeness (QED) is 0.927. The maximum atomic E-state index is 13.1. The second-order valence-corrected chi connectivity index (χ2v) is 6.14. The molecule has 0 spiro atoms. The standard InChI is InChI=1S/C13H18ClFN2S/c1-9-8-18-5-4-17(9)13(7-16)11-3-2-10(15)6-12(11)14/h2-3,6,9,13H,4-5,7-8,16H2,1H3. The zero-order chi connectivity index (χ0) is 13.1. The zero-order valence-corrected chi connectivity index (χ0v) is 12.0. The Kier molecular flexibility index (Phi) is 4.90. The fourth-order valence-corrected chi connectivity index (χ4v) is 3.75. The molecule has 2 unspecified atom stereocenters. The largest absolute Gasteiger partial charge is 0.329 e. The predicted octanol–water partition coefficient (Wildman–Crippen LogP) is 2.92. The average molecular weight is 289 g/mol. The normalized spacial score (nSPS) is 23.0. The fraction of sp³-hybridized carbons (Fsp3) is 0.538. The van der Waals surface area contributed by atoms with Gasteiger partial charge in [0.2, 0.25) is 0 Å². The minimum atomic E-state index is -0.304. The van der Waals surface area contributed by atoms with Gasteiger partial charge >= 0.3 is 0 Å². The third kappa shape index (κ3) is 2.99. The van der Waals surface area contributed by atoms with Gasteiger partial charge in [-0.2, -0.15) is 11.8 Å². The first-order valence-electron chi connectivity index (χ1n) is 6.12. The van der Waals surface area contributed by atoms with Gasteiger partial charge in [-0.15, -0.1) is 0 Å². The third-order valence-corrected chi connectivity index (χ3v) is 4.88. The highest BCUT2D eigenvalue weighted by atomic mass is 35.5. The summed E-state index contributed by atoms with van der Waals surface area (Å²) in [6, 6.07) is 5.12. The average Bonchev–Trinajstić information content (AvgIpc) is 2.34. The number of rotatable bonds is 3. The second-order valence-electron chi connectivity index (χ2n) is 4.58.